The average molecular weight is 305 g/mol. The number of para-hydroxylation sites is 3. The Balaban J connectivity index is 2.41. The molecule has 0 aliphatic heterocycles. The standard InChI is InChI=1S/C16H13ClO4/c1-20-13-7-2-3-8-14(13)21-16-11(9-10-15(18)19)5-4-6-12(16)17/h2-10H,1H3,(H,18,19)/b10-9+. The number of halogens is 1. The maximum absolute atomic E-state index is 10.6. The molecule has 0 spiro atoms. The van der Waals surface area contributed by atoms with Gasteiger partial charge in [0.1, 0.15) is 0 Å². The Hall–Kier alpha value is -2.46. The summed E-state index contributed by atoms with van der Waals surface area (Å²) in [5, 5.41) is 9.11. The van der Waals surface area contributed by atoms with E-state index in [0.29, 0.717) is 27.8 Å². The van der Waals surface area contributed by atoms with Crippen molar-refractivity contribution in [3.8, 4) is 17.2 Å². The van der Waals surface area contributed by atoms with Crippen LogP contribution in [0.1, 0.15) is 5.56 Å². The second kappa shape index (κ2) is 6.81. The van der Waals surface area contributed by atoms with E-state index in [2.05, 4.69) is 0 Å². The molecule has 2 aromatic carbocycles. The largest absolute Gasteiger partial charge is 0.493 e. The summed E-state index contributed by atoms with van der Waals surface area (Å²) in [5.41, 5.74) is 0.566. The summed E-state index contributed by atoms with van der Waals surface area (Å²) in [7, 11) is 1.54. The third-order valence-electron chi connectivity index (χ3n) is 2.68. The predicted octanol–water partition coefficient (Wildman–Crippen LogP) is 4.24. The van der Waals surface area contributed by atoms with Crippen molar-refractivity contribution in [3.63, 3.8) is 0 Å². The van der Waals surface area contributed by atoms with E-state index in [9.17, 15) is 4.79 Å². The number of carboxylic acids is 1. The van der Waals surface area contributed by atoms with Crippen LogP contribution in [0.5, 0.6) is 17.2 Å². The van der Waals surface area contributed by atoms with Gasteiger partial charge in [0, 0.05) is 11.6 Å². The molecule has 0 fully saturated rings. The molecule has 0 saturated heterocycles. The van der Waals surface area contributed by atoms with Crippen LogP contribution in [0.15, 0.2) is 48.5 Å². The Morgan fingerprint density at radius 1 is 1.14 bits per heavy atom. The third kappa shape index (κ3) is 3.77. The van der Waals surface area contributed by atoms with Gasteiger partial charge in [-0.1, -0.05) is 35.9 Å². The molecule has 108 valence electrons. The van der Waals surface area contributed by atoms with Gasteiger partial charge >= 0.3 is 5.97 Å². The smallest absolute Gasteiger partial charge is 0.328 e. The maximum Gasteiger partial charge on any atom is 0.328 e. The van der Waals surface area contributed by atoms with E-state index in [0.717, 1.165) is 6.08 Å². The highest BCUT2D eigenvalue weighted by atomic mass is 35.5. The van der Waals surface area contributed by atoms with Gasteiger partial charge in [-0.25, -0.2) is 4.79 Å². The molecule has 0 bridgehead atoms. The lowest BCUT2D eigenvalue weighted by molar-refractivity contribution is -0.131. The summed E-state index contributed by atoms with van der Waals surface area (Å²) in [6.45, 7) is 0. The van der Waals surface area contributed by atoms with Gasteiger partial charge in [-0.3, -0.25) is 0 Å². The highest BCUT2D eigenvalue weighted by molar-refractivity contribution is 6.32. The molecule has 0 aliphatic rings. The van der Waals surface area contributed by atoms with E-state index in [-0.39, 0.29) is 0 Å². The van der Waals surface area contributed by atoms with Crippen molar-refractivity contribution in [3.05, 3.63) is 59.1 Å². The second-order valence-corrected chi connectivity index (χ2v) is 4.49. The van der Waals surface area contributed by atoms with Crippen LogP contribution < -0.4 is 9.47 Å². The van der Waals surface area contributed by atoms with Crippen LogP contribution in [-0.2, 0) is 4.79 Å². The van der Waals surface area contributed by atoms with Crippen LogP contribution in [-0.4, -0.2) is 18.2 Å². The van der Waals surface area contributed by atoms with Crippen LogP contribution >= 0.6 is 11.6 Å². The van der Waals surface area contributed by atoms with Crippen molar-refractivity contribution in [2.45, 2.75) is 0 Å². The molecule has 21 heavy (non-hydrogen) atoms. The molecule has 0 unspecified atom stereocenters. The van der Waals surface area contributed by atoms with Crippen LogP contribution in [0.2, 0.25) is 5.02 Å². The summed E-state index contributed by atoms with van der Waals surface area (Å²) < 4.78 is 11.0. The molecule has 2 rings (SSSR count). The van der Waals surface area contributed by atoms with Crippen LogP contribution in [0.3, 0.4) is 0 Å². The second-order valence-electron chi connectivity index (χ2n) is 4.08. The molecule has 0 saturated carbocycles. The minimum atomic E-state index is -1.04. The molecular formula is C16H13ClO4. The molecular weight excluding hydrogens is 292 g/mol. The van der Waals surface area contributed by atoms with Crippen molar-refractivity contribution in [1.82, 2.24) is 0 Å². The first-order valence-electron chi connectivity index (χ1n) is 6.12. The number of benzene rings is 2. The van der Waals surface area contributed by atoms with Crippen LogP contribution in [0.25, 0.3) is 6.08 Å². The fourth-order valence-corrected chi connectivity index (χ4v) is 1.96. The molecule has 1 N–H and O–H groups in total. The lowest BCUT2D eigenvalue weighted by atomic mass is 10.2. The third-order valence-corrected chi connectivity index (χ3v) is 2.98. The van der Waals surface area contributed by atoms with E-state index in [1.165, 1.54) is 6.08 Å². The van der Waals surface area contributed by atoms with Crippen molar-refractivity contribution < 1.29 is 19.4 Å². The van der Waals surface area contributed by atoms with Gasteiger partial charge in [-0.2, -0.15) is 0 Å². The summed E-state index contributed by atoms with van der Waals surface area (Å²) in [6.07, 6.45) is 2.46. The van der Waals surface area contributed by atoms with Crippen LogP contribution in [0, 0.1) is 0 Å². The van der Waals surface area contributed by atoms with Gasteiger partial charge in [0.05, 0.1) is 12.1 Å². The van der Waals surface area contributed by atoms with Crippen molar-refractivity contribution in [2.75, 3.05) is 7.11 Å². The first-order valence-corrected chi connectivity index (χ1v) is 6.50. The number of hydrogen-bond acceptors (Lipinski definition) is 3. The van der Waals surface area contributed by atoms with Gasteiger partial charge in [-0.15, -0.1) is 0 Å². The topological polar surface area (TPSA) is 55.8 Å². The van der Waals surface area contributed by atoms with Gasteiger partial charge < -0.3 is 14.6 Å². The quantitative estimate of drug-likeness (QED) is 0.839. The minimum absolute atomic E-state index is 0.376. The summed E-state index contributed by atoms with van der Waals surface area (Å²) >= 11 is 6.14. The van der Waals surface area contributed by atoms with E-state index in [1.807, 2.05) is 12.1 Å². The van der Waals surface area contributed by atoms with Gasteiger partial charge in [0.15, 0.2) is 17.2 Å². The van der Waals surface area contributed by atoms with Gasteiger partial charge in [-0.05, 0) is 24.3 Å². The fourth-order valence-electron chi connectivity index (χ4n) is 1.74. The Labute approximate surface area is 127 Å². The Morgan fingerprint density at radius 3 is 2.52 bits per heavy atom. The molecule has 0 heterocycles. The lowest BCUT2D eigenvalue weighted by Crippen LogP contribution is -1.93. The van der Waals surface area contributed by atoms with Crippen LogP contribution in [0.4, 0.5) is 0 Å². The van der Waals surface area contributed by atoms with Crippen molar-refractivity contribution >= 4 is 23.6 Å². The number of methoxy groups -OCH3 is 1. The zero-order chi connectivity index (χ0) is 15.2. The van der Waals surface area contributed by atoms with E-state index >= 15 is 0 Å². The lowest BCUT2D eigenvalue weighted by Gasteiger charge is -2.13. The fraction of sp³-hybridized carbons (Fsp3) is 0.0625. The first-order chi connectivity index (χ1) is 10.1. The molecule has 0 radical (unpaired) electrons. The number of hydrogen-bond donors (Lipinski definition) is 1. The molecule has 4 nitrogen and oxygen atoms in total. The van der Waals surface area contributed by atoms with Crippen molar-refractivity contribution in [2.24, 2.45) is 0 Å². The van der Waals surface area contributed by atoms with Crippen molar-refractivity contribution in [1.29, 1.82) is 0 Å². The SMILES string of the molecule is COc1ccccc1Oc1c(Cl)cccc1/C=C/C(=O)O. The molecule has 5 heteroatoms. The average Bonchev–Trinajstić information content (AvgIpc) is 2.48. The zero-order valence-corrected chi connectivity index (χ0v) is 12.0. The first kappa shape index (κ1) is 14.9. The Kier molecular flexibility index (Phi) is 4.85. The number of aliphatic carboxylic acids is 1. The highest BCUT2D eigenvalue weighted by Crippen LogP contribution is 2.37. The number of carbonyl (C=O) groups is 1. The Morgan fingerprint density at radius 2 is 1.86 bits per heavy atom. The number of rotatable bonds is 5. The number of carboxylic acid groups (broad SMARTS) is 1. The molecule has 0 atom stereocenters. The van der Waals surface area contributed by atoms with E-state index < -0.39 is 5.97 Å². The summed E-state index contributed by atoms with van der Waals surface area (Å²) in [6, 6.07) is 12.2. The van der Waals surface area contributed by atoms with E-state index in [4.69, 9.17) is 26.2 Å². The molecule has 0 aromatic heterocycles. The maximum atomic E-state index is 10.6. The zero-order valence-electron chi connectivity index (χ0n) is 11.2. The summed E-state index contributed by atoms with van der Waals surface area (Å²) in [5.74, 6) is 0.392. The minimum Gasteiger partial charge on any atom is -0.493 e. The van der Waals surface area contributed by atoms with Gasteiger partial charge in [0.25, 0.3) is 0 Å². The predicted molar refractivity (Wildman–Crippen MR) is 81.2 cm³/mol. The van der Waals surface area contributed by atoms with E-state index in [1.54, 1.807) is 37.4 Å². The normalized spacial score (nSPS) is 10.6. The summed E-state index contributed by atoms with van der Waals surface area (Å²) in [4.78, 5) is 10.6. The molecule has 0 amide bonds. The highest BCUT2D eigenvalue weighted by Gasteiger charge is 2.11. The monoisotopic (exact) mass is 304 g/mol. The molecule has 2 aromatic rings. The van der Waals surface area contributed by atoms with Gasteiger partial charge in [0.2, 0.25) is 0 Å². The Bertz CT molecular complexity index is 680. The molecule has 0 aliphatic carbocycles. The number of ether oxygens (including phenoxy) is 2.